The fourth-order valence-electron chi connectivity index (χ4n) is 7.05. The van der Waals surface area contributed by atoms with E-state index in [1.165, 1.54) is 21.9 Å². The number of ketones is 1. The van der Waals surface area contributed by atoms with Crippen molar-refractivity contribution in [3.63, 3.8) is 0 Å². The second-order valence-electron chi connectivity index (χ2n) is 11.8. The molecule has 0 N–H and O–H groups in total. The van der Waals surface area contributed by atoms with Crippen molar-refractivity contribution in [2.75, 3.05) is 18.2 Å². The van der Waals surface area contributed by atoms with E-state index in [1.807, 2.05) is 23.3 Å². The molecule has 0 bridgehead atoms. The molecule has 0 radical (unpaired) electrons. The zero-order valence-electron chi connectivity index (χ0n) is 24.2. The molecule has 2 saturated heterocycles. The number of hydroxylamine groups is 1. The minimum absolute atomic E-state index is 0.150. The van der Waals surface area contributed by atoms with Gasteiger partial charge >= 0.3 is 0 Å². The first kappa shape index (κ1) is 26.6. The standard InChI is InChI=1S/C38H36N2O2/c1-27-20-22-31(23-21-27)37-36(34-19-11-15-30-14-9-10-18-33(30)34)38(42-40(37)32-16-7-4-8-17-32)26-39(25-24-35(38)41)28(2)29-12-5-3-6-13-29/h3-23,28,36-37H,24-26H2,1-2H3/t28-,36+,37-,38-/m1/s1. The average molecular weight is 553 g/mol. The molecule has 4 heteroatoms. The Hall–Kier alpha value is -4.25. The van der Waals surface area contributed by atoms with Crippen molar-refractivity contribution in [3.05, 3.63) is 150 Å². The number of likely N-dealkylation sites (tertiary alicyclic amines) is 1. The highest BCUT2D eigenvalue weighted by atomic mass is 16.7. The van der Waals surface area contributed by atoms with Crippen molar-refractivity contribution < 1.29 is 9.63 Å². The number of para-hydroxylation sites is 1. The van der Waals surface area contributed by atoms with Crippen LogP contribution in [0.15, 0.2) is 127 Å². The lowest BCUT2D eigenvalue weighted by Crippen LogP contribution is -2.58. The molecule has 2 heterocycles. The Morgan fingerprint density at radius 2 is 1.45 bits per heavy atom. The Labute approximate surface area is 248 Å². The minimum Gasteiger partial charge on any atom is -0.296 e. The number of anilines is 1. The van der Waals surface area contributed by atoms with Gasteiger partial charge in [-0.05, 0) is 53.4 Å². The predicted molar refractivity (Wildman–Crippen MR) is 169 cm³/mol. The van der Waals surface area contributed by atoms with Crippen LogP contribution in [0.3, 0.4) is 0 Å². The van der Waals surface area contributed by atoms with Crippen molar-refractivity contribution in [2.45, 2.75) is 43.9 Å². The van der Waals surface area contributed by atoms with Crippen molar-refractivity contribution in [1.29, 1.82) is 0 Å². The lowest BCUT2D eigenvalue weighted by Gasteiger charge is -2.43. The summed E-state index contributed by atoms with van der Waals surface area (Å²) < 4.78 is 0. The van der Waals surface area contributed by atoms with E-state index in [-0.39, 0.29) is 23.8 Å². The lowest BCUT2D eigenvalue weighted by molar-refractivity contribution is -0.151. The number of Topliss-reactive ketones (excluding diaryl/α,β-unsaturated/α-hetero) is 1. The normalized spacial score (nSPS) is 23.5. The molecule has 0 aliphatic carbocycles. The predicted octanol–water partition coefficient (Wildman–Crippen LogP) is 8.20. The first-order valence-electron chi connectivity index (χ1n) is 14.9. The summed E-state index contributed by atoms with van der Waals surface area (Å²) >= 11 is 0. The summed E-state index contributed by atoms with van der Waals surface area (Å²) in [6.45, 7) is 5.58. The second kappa shape index (κ2) is 10.9. The molecule has 4 atom stereocenters. The number of nitrogens with zero attached hydrogens (tertiary/aromatic N) is 2. The quantitative estimate of drug-likeness (QED) is 0.220. The van der Waals surface area contributed by atoms with E-state index in [0.29, 0.717) is 19.5 Å². The maximum Gasteiger partial charge on any atom is 0.176 e. The van der Waals surface area contributed by atoms with Gasteiger partial charge in [-0.3, -0.25) is 14.5 Å². The van der Waals surface area contributed by atoms with E-state index in [0.717, 1.165) is 16.8 Å². The Morgan fingerprint density at radius 1 is 0.786 bits per heavy atom. The highest BCUT2D eigenvalue weighted by molar-refractivity contribution is 5.93. The van der Waals surface area contributed by atoms with Crippen LogP contribution in [0.1, 0.15) is 53.6 Å². The van der Waals surface area contributed by atoms with Gasteiger partial charge < -0.3 is 0 Å². The summed E-state index contributed by atoms with van der Waals surface area (Å²) in [5.41, 5.74) is 4.64. The van der Waals surface area contributed by atoms with Crippen LogP contribution in [0.5, 0.6) is 0 Å². The van der Waals surface area contributed by atoms with Gasteiger partial charge in [-0.1, -0.05) is 121 Å². The van der Waals surface area contributed by atoms with Crippen LogP contribution in [-0.4, -0.2) is 29.4 Å². The highest BCUT2D eigenvalue weighted by Gasteiger charge is 2.62. The molecule has 2 aliphatic rings. The number of aryl methyl sites for hydroxylation is 1. The molecular weight excluding hydrogens is 516 g/mol. The monoisotopic (exact) mass is 552 g/mol. The smallest absolute Gasteiger partial charge is 0.176 e. The average Bonchev–Trinajstić information content (AvgIpc) is 3.38. The third-order valence-corrected chi connectivity index (χ3v) is 9.29. The molecule has 1 spiro atoms. The zero-order valence-corrected chi connectivity index (χ0v) is 24.2. The fourth-order valence-corrected chi connectivity index (χ4v) is 7.05. The number of hydrogen-bond acceptors (Lipinski definition) is 4. The second-order valence-corrected chi connectivity index (χ2v) is 11.8. The Bertz CT molecular complexity index is 1700. The highest BCUT2D eigenvalue weighted by Crippen LogP contribution is 2.56. The largest absolute Gasteiger partial charge is 0.296 e. The number of fused-ring (bicyclic) bond motifs is 1. The van der Waals surface area contributed by atoms with Gasteiger partial charge in [-0.25, -0.2) is 5.06 Å². The van der Waals surface area contributed by atoms with Crippen LogP contribution in [0.2, 0.25) is 0 Å². The molecule has 0 amide bonds. The first-order chi connectivity index (χ1) is 20.5. The molecule has 5 aromatic carbocycles. The molecule has 2 aliphatic heterocycles. The Morgan fingerprint density at radius 3 is 2.21 bits per heavy atom. The number of rotatable bonds is 5. The van der Waals surface area contributed by atoms with Gasteiger partial charge in [-0.2, -0.15) is 0 Å². The van der Waals surface area contributed by atoms with E-state index in [9.17, 15) is 4.79 Å². The van der Waals surface area contributed by atoms with Crippen LogP contribution >= 0.6 is 0 Å². The molecule has 7 rings (SSSR count). The van der Waals surface area contributed by atoms with Crippen LogP contribution in [0, 0.1) is 6.92 Å². The van der Waals surface area contributed by atoms with Gasteiger partial charge in [-0.15, -0.1) is 0 Å². The maximum atomic E-state index is 14.5. The molecule has 0 unspecified atom stereocenters. The molecule has 42 heavy (non-hydrogen) atoms. The van der Waals surface area contributed by atoms with Crippen molar-refractivity contribution >= 4 is 22.2 Å². The number of piperidine rings is 1. The summed E-state index contributed by atoms with van der Waals surface area (Å²) in [5.74, 6) is -0.0581. The lowest BCUT2D eigenvalue weighted by atomic mass is 9.70. The summed E-state index contributed by atoms with van der Waals surface area (Å²) in [5, 5.41) is 4.37. The molecular formula is C38H36N2O2. The molecule has 210 valence electrons. The Kier molecular flexibility index (Phi) is 6.89. The van der Waals surface area contributed by atoms with E-state index in [4.69, 9.17) is 4.84 Å². The Balaban J connectivity index is 1.45. The number of carbonyl (C=O) groups is 1. The van der Waals surface area contributed by atoms with Gasteiger partial charge in [0.2, 0.25) is 0 Å². The van der Waals surface area contributed by atoms with Gasteiger partial charge in [0.25, 0.3) is 0 Å². The van der Waals surface area contributed by atoms with Crippen molar-refractivity contribution in [2.24, 2.45) is 0 Å². The van der Waals surface area contributed by atoms with Gasteiger partial charge in [0.15, 0.2) is 11.4 Å². The fraction of sp³-hybridized carbons (Fsp3) is 0.237. The van der Waals surface area contributed by atoms with Crippen molar-refractivity contribution in [1.82, 2.24) is 4.90 Å². The van der Waals surface area contributed by atoms with E-state index >= 15 is 0 Å². The summed E-state index contributed by atoms with van der Waals surface area (Å²) in [6, 6.07) is 44.5. The topological polar surface area (TPSA) is 32.8 Å². The van der Waals surface area contributed by atoms with Gasteiger partial charge in [0, 0.05) is 25.6 Å². The summed E-state index contributed by atoms with van der Waals surface area (Å²) in [4.78, 5) is 24.1. The molecule has 0 aromatic heterocycles. The van der Waals surface area contributed by atoms with Crippen LogP contribution in [-0.2, 0) is 9.63 Å². The number of hydrogen-bond donors (Lipinski definition) is 0. The SMILES string of the molecule is Cc1ccc([C@@H]2[C@H](c3cccc4ccccc34)[C@]3(CN([C@H](C)c4ccccc4)CCC3=O)ON2c2ccccc2)cc1. The van der Waals surface area contributed by atoms with Gasteiger partial charge in [0.05, 0.1) is 17.6 Å². The van der Waals surface area contributed by atoms with E-state index in [2.05, 4.69) is 128 Å². The van der Waals surface area contributed by atoms with Crippen LogP contribution in [0.25, 0.3) is 10.8 Å². The zero-order chi connectivity index (χ0) is 28.7. The minimum atomic E-state index is -1.06. The first-order valence-corrected chi connectivity index (χ1v) is 14.9. The molecule has 5 aromatic rings. The number of carbonyl (C=O) groups excluding carboxylic acids is 1. The van der Waals surface area contributed by atoms with Crippen molar-refractivity contribution in [3.8, 4) is 0 Å². The molecule has 4 nitrogen and oxygen atoms in total. The van der Waals surface area contributed by atoms with E-state index < -0.39 is 5.60 Å². The van der Waals surface area contributed by atoms with Crippen LogP contribution in [0.4, 0.5) is 5.69 Å². The summed E-state index contributed by atoms with van der Waals surface area (Å²) in [7, 11) is 0. The third kappa shape index (κ3) is 4.52. The van der Waals surface area contributed by atoms with Gasteiger partial charge in [0.1, 0.15) is 0 Å². The number of benzene rings is 5. The molecule has 0 saturated carbocycles. The van der Waals surface area contributed by atoms with Crippen LogP contribution < -0.4 is 5.06 Å². The maximum absolute atomic E-state index is 14.5. The van der Waals surface area contributed by atoms with E-state index in [1.54, 1.807) is 0 Å². The molecule has 2 fully saturated rings. The summed E-state index contributed by atoms with van der Waals surface area (Å²) in [6.07, 6.45) is 0.446. The third-order valence-electron chi connectivity index (χ3n) is 9.29.